The quantitative estimate of drug-likeness (QED) is 0.556. The second-order valence-electron chi connectivity index (χ2n) is 6.43. The number of hydrogen-bond donors (Lipinski definition) is 0. The van der Waals surface area contributed by atoms with Gasteiger partial charge in [-0.05, 0) is 44.0 Å². The molecule has 1 atom stereocenters. The highest BCUT2D eigenvalue weighted by Gasteiger charge is 2.42. The Morgan fingerprint density at radius 1 is 1.05 bits per heavy atom. The summed E-state index contributed by atoms with van der Waals surface area (Å²) in [7, 11) is 0. The van der Waals surface area contributed by atoms with E-state index in [2.05, 4.69) is 6.92 Å². The van der Waals surface area contributed by atoms with Crippen LogP contribution in [-0.4, -0.2) is 23.7 Å². The van der Waals surface area contributed by atoms with E-state index in [0.29, 0.717) is 6.61 Å². The maximum Gasteiger partial charge on any atom is 0.201 e. The average Bonchev–Trinajstić information content (AvgIpc) is 2.68. The molecule has 1 aromatic carbocycles. The van der Waals surface area contributed by atoms with Gasteiger partial charge in [-0.15, -0.1) is 11.8 Å². The summed E-state index contributed by atoms with van der Waals surface area (Å²) < 4.78 is 6.02. The normalized spacial score (nSPS) is 28.5. The molecule has 0 bridgehead atoms. The molecule has 1 heterocycles. The lowest BCUT2D eigenvalue weighted by molar-refractivity contribution is -0.449. The van der Waals surface area contributed by atoms with E-state index in [9.17, 15) is 0 Å². The smallest absolute Gasteiger partial charge is 0.201 e. The molecule has 1 saturated carbocycles. The highest BCUT2D eigenvalue weighted by atomic mass is 35.5. The van der Waals surface area contributed by atoms with E-state index in [4.69, 9.17) is 26.1 Å². The first-order valence-electron chi connectivity index (χ1n) is 7.99. The number of halogens is 1. The SMILES string of the molecule is CC1(CSc2ccc(Cl)cc2)CCOC2(CCCCC2)OO1. The summed E-state index contributed by atoms with van der Waals surface area (Å²) in [5.74, 6) is 0.328. The maximum absolute atomic E-state index is 6.02. The van der Waals surface area contributed by atoms with Crippen LogP contribution in [0.15, 0.2) is 29.2 Å². The first-order chi connectivity index (χ1) is 10.6. The van der Waals surface area contributed by atoms with Gasteiger partial charge < -0.3 is 4.74 Å². The Balaban J connectivity index is 1.57. The van der Waals surface area contributed by atoms with Crippen molar-refractivity contribution < 1.29 is 14.5 Å². The number of rotatable bonds is 3. The highest BCUT2D eigenvalue weighted by molar-refractivity contribution is 7.99. The topological polar surface area (TPSA) is 27.7 Å². The van der Waals surface area contributed by atoms with Crippen molar-refractivity contribution in [3.8, 4) is 0 Å². The minimum Gasteiger partial charge on any atom is -0.347 e. The zero-order valence-electron chi connectivity index (χ0n) is 13.0. The van der Waals surface area contributed by atoms with Crippen LogP contribution in [0.3, 0.4) is 0 Å². The Kier molecular flexibility index (Phi) is 5.35. The zero-order chi connectivity index (χ0) is 15.5. The molecule has 1 aliphatic heterocycles. The lowest BCUT2D eigenvalue weighted by Crippen LogP contribution is -2.38. The van der Waals surface area contributed by atoms with Gasteiger partial charge in [-0.1, -0.05) is 18.0 Å². The standard InChI is InChI=1S/C17H23ClO3S/c1-16(13-22-15-7-5-14(18)6-8-15)11-12-19-17(21-20-16)9-3-2-4-10-17/h5-8H,2-4,9-13H2,1H3. The van der Waals surface area contributed by atoms with E-state index >= 15 is 0 Å². The van der Waals surface area contributed by atoms with Gasteiger partial charge in [0.2, 0.25) is 5.79 Å². The summed E-state index contributed by atoms with van der Waals surface area (Å²) in [4.78, 5) is 12.8. The van der Waals surface area contributed by atoms with Crippen molar-refractivity contribution in [3.63, 3.8) is 0 Å². The molecule has 3 rings (SSSR count). The van der Waals surface area contributed by atoms with Crippen molar-refractivity contribution in [1.29, 1.82) is 0 Å². The highest BCUT2D eigenvalue weighted by Crippen LogP contribution is 2.38. The molecular formula is C17H23ClO3S. The van der Waals surface area contributed by atoms with Crippen LogP contribution in [-0.2, 0) is 14.5 Å². The van der Waals surface area contributed by atoms with Crippen molar-refractivity contribution in [1.82, 2.24) is 0 Å². The molecule has 122 valence electrons. The largest absolute Gasteiger partial charge is 0.347 e. The molecule has 0 amide bonds. The molecule has 1 spiro atoms. The minimum atomic E-state index is -0.499. The molecule has 22 heavy (non-hydrogen) atoms. The molecule has 1 aromatic rings. The Hall–Kier alpha value is -0.260. The molecule has 3 nitrogen and oxygen atoms in total. The number of hydrogen-bond acceptors (Lipinski definition) is 4. The summed E-state index contributed by atoms with van der Waals surface area (Å²) in [6, 6.07) is 7.90. The second kappa shape index (κ2) is 7.10. The third kappa shape index (κ3) is 4.18. The lowest BCUT2D eigenvalue weighted by Gasteiger charge is -2.34. The zero-order valence-corrected chi connectivity index (χ0v) is 14.5. The number of benzene rings is 1. The van der Waals surface area contributed by atoms with Gasteiger partial charge in [0.05, 0.1) is 6.61 Å². The van der Waals surface area contributed by atoms with Crippen LogP contribution in [0.5, 0.6) is 0 Å². The van der Waals surface area contributed by atoms with Gasteiger partial charge in [0.1, 0.15) is 5.60 Å². The fourth-order valence-electron chi connectivity index (χ4n) is 2.88. The van der Waals surface area contributed by atoms with E-state index in [1.807, 2.05) is 24.3 Å². The number of thioether (sulfide) groups is 1. The van der Waals surface area contributed by atoms with Crippen LogP contribution in [0.4, 0.5) is 0 Å². The molecule has 2 fully saturated rings. The van der Waals surface area contributed by atoms with Gasteiger partial charge in [-0.3, -0.25) is 0 Å². The van der Waals surface area contributed by atoms with Crippen molar-refractivity contribution in [2.75, 3.05) is 12.4 Å². The molecular weight excluding hydrogens is 320 g/mol. The monoisotopic (exact) mass is 342 g/mol. The van der Waals surface area contributed by atoms with Crippen LogP contribution in [0.2, 0.25) is 5.02 Å². The third-order valence-electron chi connectivity index (χ3n) is 4.36. The fourth-order valence-corrected chi connectivity index (χ4v) is 4.00. The molecule has 0 N–H and O–H groups in total. The molecule has 1 aliphatic carbocycles. The van der Waals surface area contributed by atoms with Crippen molar-refractivity contribution in [2.24, 2.45) is 0 Å². The molecule has 0 radical (unpaired) electrons. The van der Waals surface area contributed by atoms with E-state index in [1.54, 1.807) is 11.8 Å². The average molecular weight is 343 g/mol. The van der Waals surface area contributed by atoms with Crippen LogP contribution >= 0.6 is 23.4 Å². The van der Waals surface area contributed by atoms with E-state index < -0.39 is 5.79 Å². The van der Waals surface area contributed by atoms with Gasteiger partial charge in [0.15, 0.2) is 0 Å². The van der Waals surface area contributed by atoms with Crippen molar-refractivity contribution in [3.05, 3.63) is 29.3 Å². The maximum atomic E-state index is 6.02. The molecule has 0 aromatic heterocycles. The van der Waals surface area contributed by atoms with Crippen LogP contribution < -0.4 is 0 Å². The fraction of sp³-hybridized carbons (Fsp3) is 0.647. The lowest BCUT2D eigenvalue weighted by atomic mass is 9.94. The van der Waals surface area contributed by atoms with Crippen molar-refractivity contribution >= 4 is 23.4 Å². The Bertz CT molecular complexity index is 487. The first kappa shape index (κ1) is 16.6. The van der Waals surface area contributed by atoms with Crippen LogP contribution in [0.1, 0.15) is 45.4 Å². The van der Waals surface area contributed by atoms with Gasteiger partial charge in [-0.2, -0.15) is 0 Å². The predicted molar refractivity (Wildman–Crippen MR) is 89.1 cm³/mol. The van der Waals surface area contributed by atoms with Crippen molar-refractivity contribution in [2.45, 2.75) is 61.7 Å². The Morgan fingerprint density at radius 2 is 1.77 bits per heavy atom. The van der Waals surface area contributed by atoms with Crippen LogP contribution in [0, 0.1) is 0 Å². The summed E-state index contributed by atoms with van der Waals surface area (Å²) in [6.07, 6.45) is 6.29. The summed E-state index contributed by atoms with van der Waals surface area (Å²) >= 11 is 7.68. The van der Waals surface area contributed by atoms with E-state index in [-0.39, 0.29) is 5.60 Å². The number of ether oxygens (including phenoxy) is 1. The van der Waals surface area contributed by atoms with E-state index in [0.717, 1.165) is 42.9 Å². The second-order valence-corrected chi connectivity index (χ2v) is 7.91. The molecule has 1 saturated heterocycles. The molecule has 2 aliphatic rings. The van der Waals surface area contributed by atoms with E-state index in [1.165, 1.54) is 11.3 Å². The summed E-state index contributed by atoms with van der Waals surface area (Å²) in [5, 5.41) is 0.761. The molecule has 1 unspecified atom stereocenters. The minimum absolute atomic E-state index is 0.328. The molecule has 5 heteroatoms. The van der Waals surface area contributed by atoms with Gasteiger partial charge in [0.25, 0.3) is 0 Å². The third-order valence-corrected chi connectivity index (χ3v) is 5.98. The van der Waals surface area contributed by atoms with Crippen LogP contribution in [0.25, 0.3) is 0 Å². The van der Waals surface area contributed by atoms with Gasteiger partial charge >= 0.3 is 0 Å². The Morgan fingerprint density at radius 3 is 2.50 bits per heavy atom. The summed E-state index contributed by atoms with van der Waals surface area (Å²) in [6.45, 7) is 2.79. The Labute approximate surface area is 141 Å². The van der Waals surface area contributed by atoms with Gasteiger partial charge in [0, 0.05) is 34.9 Å². The first-order valence-corrected chi connectivity index (χ1v) is 9.35. The predicted octanol–water partition coefficient (Wildman–Crippen LogP) is 5.22. The van der Waals surface area contributed by atoms with Gasteiger partial charge in [-0.25, -0.2) is 9.78 Å². The summed E-state index contributed by atoms with van der Waals surface area (Å²) in [5.41, 5.74) is -0.328.